The van der Waals surface area contributed by atoms with Crippen molar-refractivity contribution in [3.8, 4) is 0 Å². The van der Waals surface area contributed by atoms with Crippen LogP contribution in [0.2, 0.25) is 0 Å². The highest BCUT2D eigenvalue weighted by molar-refractivity contribution is 5.81. The molecule has 132 valence electrons. The molecular formula is C17H21F3N2O2. The van der Waals surface area contributed by atoms with Gasteiger partial charge in [0.2, 0.25) is 5.91 Å². The Balaban J connectivity index is 1.82. The van der Waals surface area contributed by atoms with Gasteiger partial charge in [-0.15, -0.1) is 0 Å². The van der Waals surface area contributed by atoms with Crippen molar-refractivity contribution in [2.75, 3.05) is 19.7 Å². The maximum absolute atomic E-state index is 13.6. The first-order valence-corrected chi connectivity index (χ1v) is 8.31. The summed E-state index contributed by atoms with van der Waals surface area (Å²) in [5, 5.41) is 2.94. The molecule has 2 saturated heterocycles. The zero-order valence-corrected chi connectivity index (χ0v) is 13.5. The Bertz CT molecular complexity index is 597. The highest BCUT2D eigenvalue weighted by Gasteiger charge is 2.37. The second kappa shape index (κ2) is 7.11. The number of halogens is 3. The second-order valence-electron chi connectivity index (χ2n) is 6.28. The normalized spacial score (nSPS) is 27.6. The lowest BCUT2D eigenvalue weighted by atomic mass is 9.99. The lowest BCUT2D eigenvalue weighted by molar-refractivity contribution is -0.131. The molecule has 0 bridgehead atoms. The first kappa shape index (κ1) is 17.2. The summed E-state index contributed by atoms with van der Waals surface area (Å²) < 4.78 is 45.9. The van der Waals surface area contributed by atoms with Gasteiger partial charge in [0, 0.05) is 19.2 Å². The minimum atomic E-state index is -1.47. The second-order valence-corrected chi connectivity index (χ2v) is 6.28. The molecule has 7 heteroatoms. The summed E-state index contributed by atoms with van der Waals surface area (Å²) in [6, 6.07) is 1.36. The van der Waals surface area contributed by atoms with E-state index < -0.39 is 23.6 Å². The molecule has 0 saturated carbocycles. The van der Waals surface area contributed by atoms with Gasteiger partial charge in [0.1, 0.15) is 6.10 Å². The van der Waals surface area contributed by atoms with Crippen LogP contribution in [0.1, 0.15) is 37.8 Å². The predicted molar refractivity (Wildman–Crippen MR) is 81.8 cm³/mol. The van der Waals surface area contributed by atoms with E-state index in [0.29, 0.717) is 38.1 Å². The van der Waals surface area contributed by atoms with Gasteiger partial charge in [0.05, 0.1) is 6.04 Å². The van der Waals surface area contributed by atoms with Crippen molar-refractivity contribution >= 4 is 5.91 Å². The first-order valence-electron chi connectivity index (χ1n) is 8.31. The van der Waals surface area contributed by atoms with Crippen LogP contribution in [-0.4, -0.2) is 42.6 Å². The van der Waals surface area contributed by atoms with Gasteiger partial charge >= 0.3 is 0 Å². The van der Waals surface area contributed by atoms with Crippen molar-refractivity contribution < 1.29 is 22.7 Å². The fourth-order valence-electron chi connectivity index (χ4n) is 3.61. The predicted octanol–water partition coefficient (Wildman–Crippen LogP) is 2.53. The van der Waals surface area contributed by atoms with Gasteiger partial charge in [-0.25, -0.2) is 13.2 Å². The van der Waals surface area contributed by atoms with Crippen LogP contribution in [0.15, 0.2) is 12.1 Å². The molecule has 0 aliphatic carbocycles. The number of nitrogens with zero attached hydrogens (tertiary/aromatic N) is 1. The van der Waals surface area contributed by atoms with Gasteiger partial charge in [-0.05, 0) is 43.5 Å². The quantitative estimate of drug-likeness (QED) is 0.855. The van der Waals surface area contributed by atoms with Crippen LogP contribution in [0.3, 0.4) is 0 Å². The summed E-state index contributed by atoms with van der Waals surface area (Å²) in [4.78, 5) is 14.3. The number of carbonyl (C=O) groups excluding carboxylic acids is 1. The maximum Gasteiger partial charge on any atom is 0.249 e. The summed E-state index contributed by atoms with van der Waals surface area (Å²) >= 11 is 0. The number of likely N-dealkylation sites (N-methyl/N-ethyl adjacent to an activating group) is 1. The van der Waals surface area contributed by atoms with Crippen LogP contribution in [0.5, 0.6) is 0 Å². The largest absolute Gasteiger partial charge is 0.368 e. The van der Waals surface area contributed by atoms with Gasteiger partial charge < -0.3 is 10.1 Å². The third kappa shape index (κ3) is 3.28. The van der Waals surface area contributed by atoms with Crippen molar-refractivity contribution in [3.05, 3.63) is 35.1 Å². The molecule has 0 aromatic heterocycles. The fourth-order valence-corrected chi connectivity index (χ4v) is 3.61. The number of ether oxygens (including phenoxy) is 1. The smallest absolute Gasteiger partial charge is 0.249 e. The number of benzene rings is 1. The van der Waals surface area contributed by atoms with Gasteiger partial charge in [-0.3, -0.25) is 9.69 Å². The molecule has 0 radical (unpaired) electrons. The zero-order valence-electron chi connectivity index (χ0n) is 13.5. The van der Waals surface area contributed by atoms with Gasteiger partial charge in [-0.2, -0.15) is 0 Å². The minimum absolute atomic E-state index is 0.191. The van der Waals surface area contributed by atoms with Crippen LogP contribution in [0.25, 0.3) is 0 Å². The van der Waals surface area contributed by atoms with Crippen molar-refractivity contribution in [3.63, 3.8) is 0 Å². The first-order chi connectivity index (χ1) is 11.5. The molecule has 0 spiro atoms. The SMILES string of the molecule is CCN1CC[C@@H](NC(=O)[C@@H]2CCCO2)[C@@H]1c1cc(F)c(F)c(F)c1. The number of hydrogen-bond donors (Lipinski definition) is 1. The van der Waals surface area contributed by atoms with Crippen molar-refractivity contribution in [2.24, 2.45) is 0 Å². The van der Waals surface area contributed by atoms with Crippen LogP contribution >= 0.6 is 0 Å². The Labute approximate surface area is 139 Å². The van der Waals surface area contributed by atoms with Crippen LogP contribution in [0, 0.1) is 17.5 Å². The molecule has 2 heterocycles. The Morgan fingerprint density at radius 3 is 2.58 bits per heavy atom. The van der Waals surface area contributed by atoms with Gasteiger partial charge in [0.25, 0.3) is 0 Å². The molecule has 1 amide bonds. The molecule has 2 fully saturated rings. The van der Waals surface area contributed by atoms with E-state index in [9.17, 15) is 18.0 Å². The lowest BCUT2D eigenvalue weighted by Gasteiger charge is -2.29. The Morgan fingerprint density at radius 1 is 1.29 bits per heavy atom. The van der Waals surface area contributed by atoms with Crippen molar-refractivity contribution in [2.45, 2.75) is 44.4 Å². The van der Waals surface area contributed by atoms with Crippen LogP contribution < -0.4 is 5.32 Å². The van der Waals surface area contributed by atoms with E-state index in [1.54, 1.807) is 0 Å². The van der Waals surface area contributed by atoms with E-state index in [1.807, 2.05) is 11.8 Å². The van der Waals surface area contributed by atoms with Gasteiger partial charge in [0.15, 0.2) is 17.5 Å². The zero-order chi connectivity index (χ0) is 17.3. The molecule has 2 aliphatic rings. The number of nitrogens with one attached hydrogen (secondary N) is 1. The third-order valence-electron chi connectivity index (χ3n) is 4.81. The van der Waals surface area contributed by atoms with E-state index >= 15 is 0 Å². The highest BCUT2D eigenvalue weighted by Crippen LogP contribution is 2.33. The summed E-state index contributed by atoms with van der Waals surface area (Å²) in [6.07, 6.45) is 1.74. The topological polar surface area (TPSA) is 41.6 Å². The summed E-state index contributed by atoms with van der Waals surface area (Å²) in [5.41, 5.74) is 0.336. The van der Waals surface area contributed by atoms with Gasteiger partial charge in [-0.1, -0.05) is 6.92 Å². The molecule has 1 aromatic rings. The maximum atomic E-state index is 13.6. The molecule has 4 nitrogen and oxygen atoms in total. The molecule has 3 rings (SSSR count). The average Bonchev–Trinajstić information content (AvgIpc) is 3.21. The average molecular weight is 342 g/mol. The van der Waals surface area contributed by atoms with Crippen LogP contribution in [0.4, 0.5) is 13.2 Å². The monoisotopic (exact) mass is 342 g/mol. The molecule has 1 N–H and O–H groups in total. The van der Waals surface area contributed by atoms with E-state index in [1.165, 1.54) is 0 Å². The van der Waals surface area contributed by atoms with Crippen molar-refractivity contribution in [1.29, 1.82) is 0 Å². The molecule has 3 atom stereocenters. The number of rotatable bonds is 4. The fraction of sp³-hybridized carbons (Fsp3) is 0.588. The van der Waals surface area contributed by atoms with E-state index in [0.717, 1.165) is 18.6 Å². The summed E-state index contributed by atoms with van der Waals surface area (Å²) in [5.74, 6) is -4.09. The molecule has 24 heavy (non-hydrogen) atoms. The number of carbonyl (C=O) groups is 1. The summed E-state index contributed by atoms with van der Waals surface area (Å²) in [6.45, 7) is 3.87. The van der Waals surface area contributed by atoms with Crippen molar-refractivity contribution in [1.82, 2.24) is 10.2 Å². The highest BCUT2D eigenvalue weighted by atomic mass is 19.2. The minimum Gasteiger partial charge on any atom is -0.368 e. The number of hydrogen-bond acceptors (Lipinski definition) is 3. The van der Waals surface area contributed by atoms with Crippen LogP contribution in [-0.2, 0) is 9.53 Å². The van der Waals surface area contributed by atoms with E-state index in [2.05, 4.69) is 5.32 Å². The molecule has 1 aromatic carbocycles. The standard InChI is InChI=1S/C17H21F3N2O2/c1-2-22-6-5-13(21-17(23)14-4-3-7-24-14)16(22)10-8-11(18)15(20)12(19)9-10/h8-9,13-14,16H,2-7H2,1H3,(H,21,23)/t13-,14+,16+/m1/s1. The lowest BCUT2D eigenvalue weighted by Crippen LogP contribution is -2.44. The number of amides is 1. The third-order valence-corrected chi connectivity index (χ3v) is 4.81. The number of likely N-dealkylation sites (tertiary alicyclic amines) is 1. The Kier molecular flexibility index (Phi) is 5.10. The Morgan fingerprint density at radius 2 is 2.00 bits per heavy atom. The Hall–Kier alpha value is -1.60. The molecular weight excluding hydrogens is 321 g/mol. The molecule has 2 aliphatic heterocycles. The van der Waals surface area contributed by atoms with E-state index in [4.69, 9.17) is 4.74 Å². The van der Waals surface area contributed by atoms with E-state index in [-0.39, 0.29) is 18.0 Å². The summed E-state index contributed by atoms with van der Waals surface area (Å²) in [7, 11) is 0. The molecule has 0 unspecified atom stereocenters.